The van der Waals surface area contributed by atoms with Gasteiger partial charge in [-0.25, -0.2) is 4.39 Å². The van der Waals surface area contributed by atoms with Crippen LogP contribution in [0.2, 0.25) is 0 Å². The van der Waals surface area contributed by atoms with Crippen LogP contribution in [-0.4, -0.2) is 4.57 Å². The van der Waals surface area contributed by atoms with Crippen LogP contribution in [0.15, 0.2) is 91.5 Å². The largest absolute Gasteiger partial charge is 0.309 e. The van der Waals surface area contributed by atoms with Crippen molar-refractivity contribution < 1.29 is 4.39 Å². The molecular weight excluding hydrogens is 297 g/mol. The van der Waals surface area contributed by atoms with Crippen molar-refractivity contribution in [3.63, 3.8) is 0 Å². The summed E-state index contributed by atoms with van der Waals surface area (Å²) in [4.78, 5) is 0. The van der Waals surface area contributed by atoms with E-state index in [0.717, 1.165) is 33.4 Å². The van der Waals surface area contributed by atoms with Gasteiger partial charge in [0.15, 0.2) is 0 Å². The molecule has 2 heteroatoms. The van der Waals surface area contributed by atoms with Crippen LogP contribution in [-0.2, 0) is 0 Å². The lowest BCUT2D eigenvalue weighted by Gasteiger charge is -2.14. The van der Waals surface area contributed by atoms with Gasteiger partial charge in [-0.3, -0.25) is 0 Å². The number of aromatic nitrogens is 1. The van der Waals surface area contributed by atoms with E-state index >= 15 is 0 Å². The fourth-order valence-electron chi connectivity index (χ4n) is 3.04. The Morgan fingerprint density at radius 2 is 1.46 bits per heavy atom. The molecule has 0 aliphatic heterocycles. The number of halogens is 1. The number of fused-ring (bicyclic) bond motifs is 1. The number of rotatable bonds is 3. The van der Waals surface area contributed by atoms with Gasteiger partial charge in [-0.1, -0.05) is 55.1 Å². The number of hydrogen-bond acceptors (Lipinski definition) is 0. The third-order valence-corrected chi connectivity index (χ3v) is 4.23. The van der Waals surface area contributed by atoms with Crippen LogP contribution in [0.5, 0.6) is 0 Å². The fourth-order valence-corrected chi connectivity index (χ4v) is 3.04. The van der Waals surface area contributed by atoms with Gasteiger partial charge in [0.1, 0.15) is 5.82 Å². The highest BCUT2D eigenvalue weighted by Crippen LogP contribution is 2.32. The van der Waals surface area contributed by atoms with Crippen LogP contribution in [0.4, 0.5) is 4.39 Å². The van der Waals surface area contributed by atoms with Crippen LogP contribution in [0.3, 0.4) is 0 Å². The van der Waals surface area contributed by atoms with Crippen LogP contribution < -0.4 is 0 Å². The van der Waals surface area contributed by atoms with Gasteiger partial charge >= 0.3 is 0 Å². The molecule has 4 aromatic rings. The van der Waals surface area contributed by atoms with E-state index in [-0.39, 0.29) is 5.82 Å². The van der Waals surface area contributed by atoms with Crippen LogP contribution in [0.25, 0.3) is 27.9 Å². The van der Waals surface area contributed by atoms with E-state index in [1.165, 1.54) is 12.1 Å². The first-order valence-corrected chi connectivity index (χ1v) is 7.85. The Kier molecular flexibility index (Phi) is 3.51. The van der Waals surface area contributed by atoms with Crippen molar-refractivity contribution in [3.05, 3.63) is 103 Å². The smallest absolute Gasteiger partial charge is 0.123 e. The Hall–Kier alpha value is -3.13. The Morgan fingerprint density at radius 1 is 0.792 bits per heavy atom. The summed E-state index contributed by atoms with van der Waals surface area (Å²) in [5, 5.41) is 1.15. The molecule has 0 amide bonds. The first-order valence-electron chi connectivity index (χ1n) is 7.85. The third kappa shape index (κ3) is 2.42. The van der Waals surface area contributed by atoms with Crippen molar-refractivity contribution in [1.29, 1.82) is 0 Å². The lowest BCUT2D eigenvalue weighted by molar-refractivity contribution is 0.627. The molecule has 4 rings (SSSR count). The van der Waals surface area contributed by atoms with Crippen LogP contribution in [0.1, 0.15) is 5.56 Å². The maximum absolute atomic E-state index is 13.3. The lowest BCUT2D eigenvalue weighted by Crippen LogP contribution is -2.00. The van der Waals surface area contributed by atoms with Crippen molar-refractivity contribution >= 4 is 16.6 Å². The summed E-state index contributed by atoms with van der Waals surface area (Å²) in [5.74, 6) is -0.243. The summed E-state index contributed by atoms with van der Waals surface area (Å²) >= 11 is 0. The van der Waals surface area contributed by atoms with Gasteiger partial charge in [-0.05, 0) is 47.5 Å². The molecule has 24 heavy (non-hydrogen) atoms. The molecule has 0 N–H and O–H groups in total. The molecule has 0 aliphatic carbocycles. The quantitative estimate of drug-likeness (QED) is 0.439. The highest BCUT2D eigenvalue weighted by molar-refractivity contribution is 5.92. The van der Waals surface area contributed by atoms with Crippen molar-refractivity contribution in [3.8, 4) is 11.3 Å². The molecule has 0 unspecified atom stereocenters. The van der Waals surface area contributed by atoms with Crippen molar-refractivity contribution in [2.45, 2.75) is 0 Å². The summed E-state index contributed by atoms with van der Waals surface area (Å²) in [6.07, 6.45) is 0. The molecule has 1 nitrogen and oxygen atoms in total. The summed E-state index contributed by atoms with van der Waals surface area (Å²) in [6, 6.07) is 27.1. The average Bonchev–Trinajstić information content (AvgIpc) is 3.02. The molecule has 0 saturated heterocycles. The van der Waals surface area contributed by atoms with E-state index in [1.54, 1.807) is 12.1 Å². The molecule has 1 aromatic heterocycles. The first kappa shape index (κ1) is 14.5. The molecule has 0 spiro atoms. The van der Waals surface area contributed by atoms with E-state index < -0.39 is 0 Å². The van der Waals surface area contributed by atoms with Crippen LogP contribution >= 0.6 is 0 Å². The summed E-state index contributed by atoms with van der Waals surface area (Å²) < 4.78 is 15.4. The van der Waals surface area contributed by atoms with E-state index in [9.17, 15) is 4.39 Å². The standard InChI is InChI=1S/C22H16FN/c1-16(17-11-13-20(23)14-12-17)24-21-10-6-5-9-19(21)15-22(24)18-7-3-2-4-8-18/h2-15H,1H2. The number of hydrogen-bond donors (Lipinski definition) is 0. The molecule has 0 atom stereocenters. The minimum atomic E-state index is -0.243. The maximum atomic E-state index is 13.3. The SMILES string of the molecule is C=C(c1ccc(F)cc1)n1c(-c2ccccc2)cc2ccccc21. The highest BCUT2D eigenvalue weighted by atomic mass is 19.1. The first-order chi connectivity index (χ1) is 11.7. The maximum Gasteiger partial charge on any atom is 0.123 e. The topological polar surface area (TPSA) is 4.93 Å². The normalized spacial score (nSPS) is 10.9. The number of nitrogens with zero attached hydrogens (tertiary/aromatic N) is 1. The zero-order valence-electron chi connectivity index (χ0n) is 13.1. The van der Waals surface area contributed by atoms with Crippen LogP contribution in [0, 0.1) is 5.82 Å². The monoisotopic (exact) mass is 313 g/mol. The molecule has 0 fully saturated rings. The van der Waals surface area contributed by atoms with Gasteiger partial charge < -0.3 is 4.57 Å². The number of benzene rings is 3. The van der Waals surface area contributed by atoms with Gasteiger partial charge in [0.2, 0.25) is 0 Å². The van der Waals surface area contributed by atoms with Gasteiger partial charge in [-0.15, -0.1) is 0 Å². The van der Waals surface area contributed by atoms with E-state index in [4.69, 9.17) is 0 Å². The van der Waals surface area contributed by atoms with Gasteiger partial charge in [0.05, 0.1) is 11.2 Å². The van der Waals surface area contributed by atoms with Crippen molar-refractivity contribution in [2.75, 3.05) is 0 Å². The zero-order valence-corrected chi connectivity index (χ0v) is 13.1. The molecule has 0 bridgehead atoms. The summed E-state index contributed by atoms with van der Waals surface area (Å²) in [7, 11) is 0. The zero-order chi connectivity index (χ0) is 16.5. The van der Waals surface area contributed by atoms with E-state index in [1.807, 2.05) is 30.3 Å². The molecule has 1 heterocycles. The van der Waals surface area contributed by atoms with Crippen molar-refractivity contribution in [2.24, 2.45) is 0 Å². The van der Waals surface area contributed by atoms with Gasteiger partial charge in [0.25, 0.3) is 0 Å². The minimum Gasteiger partial charge on any atom is -0.309 e. The Balaban J connectivity index is 1.96. The predicted molar refractivity (Wildman–Crippen MR) is 98.2 cm³/mol. The van der Waals surface area contributed by atoms with Crippen molar-refractivity contribution in [1.82, 2.24) is 4.57 Å². The Morgan fingerprint density at radius 3 is 2.21 bits per heavy atom. The Labute approximate surface area is 140 Å². The summed E-state index contributed by atoms with van der Waals surface area (Å²) in [6.45, 7) is 4.27. The van der Waals surface area contributed by atoms with E-state index in [0.29, 0.717) is 0 Å². The summed E-state index contributed by atoms with van der Waals surface area (Å²) in [5.41, 5.74) is 5.01. The molecule has 3 aromatic carbocycles. The second kappa shape index (κ2) is 5.82. The lowest BCUT2D eigenvalue weighted by atomic mass is 10.1. The molecular formula is C22H16FN. The highest BCUT2D eigenvalue weighted by Gasteiger charge is 2.13. The average molecular weight is 313 g/mol. The number of para-hydroxylation sites is 1. The Bertz CT molecular complexity index is 1010. The minimum absolute atomic E-state index is 0.243. The molecule has 116 valence electrons. The molecule has 0 saturated carbocycles. The van der Waals surface area contributed by atoms with Gasteiger partial charge in [0, 0.05) is 11.1 Å². The third-order valence-electron chi connectivity index (χ3n) is 4.23. The van der Waals surface area contributed by atoms with E-state index in [2.05, 4.69) is 41.5 Å². The molecule has 0 aliphatic rings. The van der Waals surface area contributed by atoms with Gasteiger partial charge in [-0.2, -0.15) is 0 Å². The molecule has 0 radical (unpaired) electrons. The second-order valence-electron chi connectivity index (χ2n) is 5.74. The second-order valence-corrected chi connectivity index (χ2v) is 5.74. The predicted octanol–water partition coefficient (Wildman–Crippen LogP) is 5.97. The fraction of sp³-hybridized carbons (Fsp3) is 0.